The number of hydrogen-bond acceptors (Lipinski definition) is 2. The highest BCUT2D eigenvalue weighted by molar-refractivity contribution is 9.10. The minimum Gasteiger partial charge on any atom is -0.317 e. The highest BCUT2D eigenvalue weighted by Gasteiger charge is 2.23. The Kier molecular flexibility index (Phi) is 4.79. The van der Waals surface area contributed by atoms with Crippen molar-refractivity contribution < 1.29 is 0 Å². The number of piperidine rings is 1. The van der Waals surface area contributed by atoms with Gasteiger partial charge in [-0.05, 0) is 81.4 Å². The zero-order valence-corrected chi connectivity index (χ0v) is 14.0. The zero-order valence-electron chi connectivity index (χ0n) is 12.4. The topological polar surface area (TPSA) is 15.3 Å². The van der Waals surface area contributed by atoms with Crippen molar-refractivity contribution in [2.45, 2.75) is 31.6 Å². The third-order valence-electron chi connectivity index (χ3n) is 4.88. The first-order valence-corrected chi connectivity index (χ1v) is 8.69. The van der Waals surface area contributed by atoms with Crippen LogP contribution in [0, 0.1) is 5.92 Å². The Labute approximate surface area is 131 Å². The Morgan fingerprint density at radius 3 is 2.70 bits per heavy atom. The number of benzene rings is 1. The van der Waals surface area contributed by atoms with Gasteiger partial charge in [0, 0.05) is 11.0 Å². The third kappa shape index (κ3) is 3.44. The first kappa shape index (κ1) is 14.6. The summed E-state index contributed by atoms with van der Waals surface area (Å²) in [6.07, 6.45) is 5.19. The molecule has 0 bridgehead atoms. The number of likely N-dealkylation sites (tertiary alicyclic amines) is 1. The standard InChI is InChI=1S/C17H25BrN2/c1-20-9-6-15(12-20)16-3-2-14(11-17(16)18)10-13-4-7-19-8-5-13/h2-3,11,13,15,19H,4-10,12H2,1H3. The molecule has 0 aliphatic carbocycles. The van der Waals surface area contributed by atoms with Crippen LogP contribution in [-0.4, -0.2) is 38.1 Å². The molecule has 0 spiro atoms. The van der Waals surface area contributed by atoms with E-state index in [-0.39, 0.29) is 0 Å². The van der Waals surface area contributed by atoms with Gasteiger partial charge in [0.05, 0.1) is 0 Å². The number of nitrogens with zero attached hydrogens (tertiary/aromatic N) is 1. The van der Waals surface area contributed by atoms with E-state index in [0.29, 0.717) is 5.92 Å². The fourth-order valence-electron chi connectivity index (χ4n) is 3.64. The molecule has 1 atom stereocenters. The summed E-state index contributed by atoms with van der Waals surface area (Å²) < 4.78 is 1.32. The predicted molar refractivity (Wildman–Crippen MR) is 88.3 cm³/mol. The molecule has 2 fully saturated rings. The molecule has 0 aromatic heterocycles. The average Bonchev–Trinajstić information content (AvgIpc) is 2.86. The lowest BCUT2D eigenvalue weighted by atomic mass is 9.89. The lowest BCUT2D eigenvalue weighted by molar-refractivity contribution is 0.372. The Bertz CT molecular complexity index is 454. The van der Waals surface area contributed by atoms with Crippen molar-refractivity contribution in [1.29, 1.82) is 0 Å². The van der Waals surface area contributed by atoms with Crippen molar-refractivity contribution in [2.75, 3.05) is 33.2 Å². The molecular weight excluding hydrogens is 312 g/mol. The molecule has 3 heteroatoms. The fourth-order valence-corrected chi connectivity index (χ4v) is 4.39. The summed E-state index contributed by atoms with van der Waals surface area (Å²) in [5.41, 5.74) is 3.00. The van der Waals surface area contributed by atoms with Crippen LogP contribution >= 0.6 is 15.9 Å². The van der Waals surface area contributed by atoms with Crippen LogP contribution in [0.25, 0.3) is 0 Å². The highest BCUT2D eigenvalue weighted by atomic mass is 79.9. The maximum absolute atomic E-state index is 3.81. The quantitative estimate of drug-likeness (QED) is 0.909. The van der Waals surface area contributed by atoms with Crippen molar-refractivity contribution in [3.63, 3.8) is 0 Å². The van der Waals surface area contributed by atoms with Crippen LogP contribution in [0.4, 0.5) is 0 Å². The van der Waals surface area contributed by atoms with Gasteiger partial charge in [-0.2, -0.15) is 0 Å². The van der Waals surface area contributed by atoms with E-state index in [2.05, 4.69) is 51.4 Å². The number of halogens is 1. The molecule has 0 saturated carbocycles. The largest absolute Gasteiger partial charge is 0.317 e. The van der Waals surface area contributed by atoms with E-state index in [1.807, 2.05) is 0 Å². The van der Waals surface area contributed by atoms with Gasteiger partial charge in [-0.25, -0.2) is 0 Å². The van der Waals surface area contributed by atoms with E-state index in [9.17, 15) is 0 Å². The molecule has 3 rings (SSSR count). The molecule has 2 nitrogen and oxygen atoms in total. The minimum atomic E-state index is 0.710. The zero-order chi connectivity index (χ0) is 13.9. The molecule has 1 N–H and O–H groups in total. The molecule has 110 valence electrons. The van der Waals surface area contributed by atoms with Crippen molar-refractivity contribution in [2.24, 2.45) is 5.92 Å². The number of hydrogen-bond donors (Lipinski definition) is 1. The van der Waals surface area contributed by atoms with E-state index < -0.39 is 0 Å². The summed E-state index contributed by atoms with van der Waals surface area (Å²) in [4.78, 5) is 2.43. The molecular formula is C17H25BrN2. The van der Waals surface area contributed by atoms with E-state index in [1.165, 1.54) is 67.5 Å². The summed E-state index contributed by atoms with van der Waals surface area (Å²) in [6, 6.07) is 7.10. The second-order valence-electron chi connectivity index (χ2n) is 6.50. The SMILES string of the molecule is CN1CCC(c2ccc(CC3CCNCC3)cc2Br)C1. The van der Waals surface area contributed by atoms with E-state index in [0.717, 1.165) is 5.92 Å². The molecule has 0 amide bonds. The Morgan fingerprint density at radius 1 is 1.25 bits per heavy atom. The van der Waals surface area contributed by atoms with Gasteiger partial charge in [0.25, 0.3) is 0 Å². The van der Waals surface area contributed by atoms with Gasteiger partial charge >= 0.3 is 0 Å². The normalized spacial score (nSPS) is 25.2. The summed E-state index contributed by atoms with van der Waals surface area (Å²) >= 11 is 3.81. The van der Waals surface area contributed by atoms with Gasteiger partial charge in [-0.3, -0.25) is 0 Å². The third-order valence-corrected chi connectivity index (χ3v) is 5.57. The molecule has 1 unspecified atom stereocenters. The van der Waals surface area contributed by atoms with Gasteiger partial charge < -0.3 is 10.2 Å². The van der Waals surface area contributed by atoms with Crippen LogP contribution in [0.5, 0.6) is 0 Å². The van der Waals surface area contributed by atoms with Crippen molar-refractivity contribution in [3.05, 3.63) is 33.8 Å². The molecule has 20 heavy (non-hydrogen) atoms. The molecule has 0 radical (unpaired) electrons. The predicted octanol–water partition coefficient (Wildman–Crippen LogP) is 3.41. The van der Waals surface area contributed by atoms with Crippen LogP contribution in [0.15, 0.2) is 22.7 Å². The Morgan fingerprint density at radius 2 is 2.05 bits per heavy atom. The lowest BCUT2D eigenvalue weighted by Gasteiger charge is -2.23. The van der Waals surface area contributed by atoms with Crippen LogP contribution in [0.3, 0.4) is 0 Å². The van der Waals surface area contributed by atoms with E-state index in [4.69, 9.17) is 0 Å². The maximum atomic E-state index is 3.81. The average molecular weight is 337 g/mol. The fraction of sp³-hybridized carbons (Fsp3) is 0.647. The molecule has 1 aromatic carbocycles. The van der Waals surface area contributed by atoms with Crippen LogP contribution in [0.1, 0.15) is 36.3 Å². The summed E-state index contributed by atoms with van der Waals surface area (Å²) in [5.74, 6) is 1.58. The van der Waals surface area contributed by atoms with Crippen LogP contribution < -0.4 is 5.32 Å². The molecule has 1 aromatic rings. The van der Waals surface area contributed by atoms with Crippen LogP contribution in [-0.2, 0) is 6.42 Å². The second-order valence-corrected chi connectivity index (χ2v) is 7.36. The molecule has 2 aliphatic heterocycles. The number of rotatable bonds is 3. The van der Waals surface area contributed by atoms with Gasteiger partial charge in [0.15, 0.2) is 0 Å². The molecule has 2 aliphatic rings. The number of nitrogens with one attached hydrogen (secondary N) is 1. The van der Waals surface area contributed by atoms with Crippen LogP contribution in [0.2, 0.25) is 0 Å². The highest BCUT2D eigenvalue weighted by Crippen LogP contribution is 2.33. The van der Waals surface area contributed by atoms with Crippen molar-refractivity contribution in [3.8, 4) is 0 Å². The summed E-state index contributed by atoms with van der Waals surface area (Å²) in [7, 11) is 2.22. The minimum absolute atomic E-state index is 0.710. The lowest BCUT2D eigenvalue weighted by Crippen LogP contribution is -2.28. The van der Waals surface area contributed by atoms with Gasteiger partial charge in [-0.15, -0.1) is 0 Å². The smallest absolute Gasteiger partial charge is 0.0213 e. The Hall–Kier alpha value is -0.380. The van der Waals surface area contributed by atoms with Crippen molar-refractivity contribution >= 4 is 15.9 Å². The van der Waals surface area contributed by atoms with E-state index >= 15 is 0 Å². The first-order chi connectivity index (χ1) is 9.72. The monoisotopic (exact) mass is 336 g/mol. The summed E-state index contributed by atoms with van der Waals surface area (Å²) in [6.45, 7) is 4.82. The van der Waals surface area contributed by atoms with E-state index in [1.54, 1.807) is 0 Å². The van der Waals surface area contributed by atoms with Gasteiger partial charge in [0.1, 0.15) is 0 Å². The van der Waals surface area contributed by atoms with Crippen molar-refractivity contribution in [1.82, 2.24) is 10.2 Å². The van der Waals surface area contributed by atoms with Gasteiger partial charge in [0.2, 0.25) is 0 Å². The molecule has 2 saturated heterocycles. The first-order valence-electron chi connectivity index (χ1n) is 7.90. The molecule has 2 heterocycles. The Balaban J connectivity index is 1.67. The number of likely N-dealkylation sites (N-methyl/N-ethyl adjacent to an activating group) is 1. The maximum Gasteiger partial charge on any atom is 0.0213 e. The van der Waals surface area contributed by atoms with Gasteiger partial charge in [-0.1, -0.05) is 28.1 Å². The summed E-state index contributed by atoms with van der Waals surface area (Å²) in [5, 5.41) is 3.45. The second kappa shape index (κ2) is 6.59.